The molecule has 0 aliphatic rings. The summed E-state index contributed by atoms with van der Waals surface area (Å²) in [6, 6.07) is 12.5. The van der Waals surface area contributed by atoms with Gasteiger partial charge in [0.05, 0.1) is 0 Å². The van der Waals surface area contributed by atoms with E-state index >= 15 is 0 Å². The van der Waals surface area contributed by atoms with Crippen LogP contribution in [-0.2, 0) is 15.1 Å². The fraction of sp³-hybridized carbons (Fsp3) is 0. The Bertz CT molecular complexity index is 93.9. The molecule has 1 rings (SSSR count). The quantitative estimate of drug-likeness (QED) is 0.620. The van der Waals surface area contributed by atoms with E-state index in [2.05, 4.69) is 6.07 Å². The predicted octanol–water partition coefficient (Wildman–Crippen LogP) is 2.86. The third-order valence-corrected chi connectivity index (χ3v) is 0.607. The maximum absolute atomic E-state index is 4.85. The zero-order valence-corrected chi connectivity index (χ0v) is 7.75. The van der Waals surface area contributed by atoms with Crippen LogP contribution < -0.4 is 0 Å². The number of halogens is 2. The maximum atomic E-state index is 4.85. The van der Waals surface area contributed by atoms with Crippen molar-refractivity contribution in [3.63, 3.8) is 0 Å². The summed E-state index contributed by atoms with van der Waals surface area (Å²) in [6.07, 6.45) is 0. The number of rotatable bonds is 0. The molecule has 0 nitrogen and oxygen atoms in total. The minimum Gasteiger partial charge on any atom is -0.0622 e. The number of benzene rings is 1. The van der Waals surface area contributed by atoms with E-state index in [-0.39, 0.29) is 15.1 Å². The summed E-state index contributed by atoms with van der Waals surface area (Å²) in [4.78, 5) is 0. The second kappa shape index (κ2) is 8.42. The van der Waals surface area contributed by atoms with Crippen molar-refractivity contribution in [3.05, 3.63) is 36.4 Å². The van der Waals surface area contributed by atoms with E-state index in [4.69, 9.17) is 19.4 Å². The van der Waals surface area contributed by atoms with E-state index in [1.807, 2.05) is 30.3 Å². The van der Waals surface area contributed by atoms with Crippen molar-refractivity contribution in [2.75, 3.05) is 0 Å². The van der Waals surface area contributed by atoms with E-state index in [1.165, 1.54) is 0 Å². The van der Waals surface area contributed by atoms with Crippen LogP contribution in [0.1, 0.15) is 0 Å². The van der Waals surface area contributed by atoms with Crippen LogP contribution in [0, 0.1) is 6.07 Å². The van der Waals surface area contributed by atoms with Crippen LogP contribution in [0.15, 0.2) is 30.3 Å². The molecule has 1 aromatic carbocycles. The van der Waals surface area contributed by atoms with E-state index < -0.39 is 0 Å². The van der Waals surface area contributed by atoms with E-state index in [0.29, 0.717) is 0 Å². The molecular formula is C6H5Cl2Ru. The molecule has 0 fully saturated rings. The molecule has 0 spiro atoms. The van der Waals surface area contributed by atoms with Crippen LogP contribution >= 0.6 is 19.4 Å². The first-order valence-corrected chi connectivity index (χ1v) is 6.65. The summed E-state index contributed by atoms with van der Waals surface area (Å²) >= 11 is -0.346. The number of hydrogen-bond acceptors (Lipinski definition) is 0. The van der Waals surface area contributed by atoms with Gasteiger partial charge in [0.25, 0.3) is 0 Å². The molecule has 0 aromatic heterocycles. The van der Waals surface area contributed by atoms with Gasteiger partial charge in [0.15, 0.2) is 0 Å². The van der Waals surface area contributed by atoms with Gasteiger partial charge < -0.3 is 0 Å². The maximum Gasteiger partial charge on any atom is -0.0184 e. The normalized spacial score (nSPS) is 7.78. The SMILES string of the molecule is [Cl][Ru][Cl].[c]1ccccc1. The molecule has 9 heavy (non-hydrogen) atoms. The van der Waals surface area contributed by atoms with Gasteiger partial charge in [-0.2, -0.15) is 0 Å². The minimum absolute atomic E-state index is 0.346. The van der Waals surface area contributed by atoms with Crippen molar-refractivity contribution in [1.29, 1.82) is 0 Å². The van der Waals surface area contributed by atoms with Crippen molar-refractivity contribution in [1.82, 2.24) is 0 Å². The molecular weight excluding hydrogens is 244 g/mol. The Balaban J connectivity index is 0.000000187. The number of hydrogen-bond donors (Lipinski definition) is 0. The van der Waals surface area contributed by atoms with Crippen molar-refractivity contribution >= 4 is 19.4 Å². The second-order valence-electron chi connectivity index (χ2n) is 1.13. The van der Waals surface area contributed by atoms with Crippen molar-refractivity contribution in [3.8, 4) is 0 Å². The summed E-state index contributed by atoms with van der Waals surface area (Å²) in [7, 11) is 9.71. The molecule has 0 atom stereocenters. The van der Waals surface area contributed by atoms with Gasteiger partial charge in [-0.15, -0.1) is 0 Å². The van der Waals surface area contributed by atoms with Crippen LogP contribution in [0.2, 0.25) is 0 Å². The third kappa shape index (κ3) is 8.42. The summed E-state index contributed by atoms with van der Waals surface area (Å²) in [5.74, 6) is 0. The van der Waals surface area contributed by atoms with Crippen molar-refractivity contribution in [2.45, 2.75) is 0 Å². The average Bonchev–Trinajstić information content (AvgIpc) is 1.93. The van der Waals surface area contributed by atoms with Gasteiger partial charge in [-0.3, -0.25) is 0 Å². The zero-order chi connectivity index (χ0) is 6.95. The second-order valence-corrected chi connectivity index (χ2v) is 3.77. The molecule has 1 aromatic rings. The first-order chi connectivity index (χ1) is 4.41. The molecule has 0 amide bonds. The molecule has 51 valence electrons. The summed E-state index contributed by atoms with van der Waals surface area (Å²) in [5.41, 5.74) is 0. The van der Waals surface area contributed by atoms with Gasteiger partial charge in [-0.05, 0) is 6.07 Å². The average molecular weight is 249 g/mol. The monoisotopic (exact) mass is 249 g/mol. The van der Waals surface area contributed by atoms with Crippen LogP contribution in [0.3, 0.4) is 0 Å². The summed E-state index contributed by atoms with van der Waals surface area (Å²) < 4.78 is 0. The fourth-order valence-electron chi connectivity index (χ4n) is 0.342. The smallest absolute Gasteiger partial charge is 0.0184 e. The van der Waals surface area contributed by atoms with Gasteiger partial charge in [0.2, 0.25) is 0 Å². The Hall–Kier alpha value is 0.423. The van der Waals surface area contributed by atoms with E-state index in [1.54, 1.807) is 0 Å². The minimum atomic E-state index is -0.346. The van der Waals surface area contributed by atoms with Gasteiger partial charge in [0, 0.05) is 0 Å². The Morgan fingerprint density at radius 3 is 1.56 bits per heavy atom. The van der Waals surface area contributed by atoms with Crippen molar-refractivity contribution < 1.29 is 15.1 Å². The molecule has 0 heterocycles. The van der Waals surface area contributed by atoms with Crippen molar-refractivity contribution in [2.24, 2.45) is 0 Å². The van der Waals surface area contributed by atoms with Gasteiger partial charge in [-0.25, -0.2) is 0 Å². The topological polar surface area (TPSA) is 0 Å². The molecule has 3 heteroatoms. The largest absolute Gasteiger partial charge is 0.0622 e. The standard InChI is InChI=1S/C6H5.2ClH.Ru/c1-2-4-6-5-3-1;;;/h1-5H;2*1H;/q;;;+2/p-2. The first kappa shape index (κ1) is 9.42. The Morgan fingerprint density at radius 1 is 1.00 bits per heavy atom. The zero-order valence-electron chi connectivity index (χ0n) is 4.50. The Kier molecular flexibility index (Phi) is 8.82. The Labute approximate surface area is 70.9 Å². The summed E-state index contributed by atoms with van der Waals surface area (Å²) in [6.45, 7) is 0. The van der Waals surface area contributed by atoms with E-state index in [0.717, 1.165) is 0 Å². The van der Waals surface area contributed by atoms with Crippen LogP contribution in [0.25, 0.3) is 0 Å². The molecule has 0 bridgehead atoms. The first-order valence-electron chi connectivity index (χ1n) is 2.18. The molecule has 0 N–H and O–H groups in total. The predicted molar refractivity (Wildman–Crippen MR) is 37.0 cm³/mol. The van der Waals surface area contributed by atoms with Crippen LogP contribution in [0.4, 0.5) is 0 Å². The molecule has 0 aliphatic heterocycles. The Morgan fingerprint density at radius 2 is 1.44 bits per heavy atom. The molecule has 0 saturated heterocycles. The van der Waals surface area contributed by atoms with Crippen LogP contribution in [-0.4, -0.2) is 0 Å². The fourth-order valence-corrected chi connectivity index (χ4v) is 0.342. The van der Waals surface area contributed by atoms with E-state index in [9.17, 15) is 0 Å². The molecule has 0 saturated carbocycles. The third-order valence-electron chi connectivity index (χ3n) is 0.607. The van der Waals surface area contributed by atoms with Gasteiger partial charge >= 0.3 is 34.5 Å². The molecule has 0 unspecified atom stereocenters. The van der Waals surface area contributed by atoms with Crippen LogP contribution in [0.5, 0.6) is 0 Å². The van der Waals surface area contributed by atoms with Gasteiger partial charge in [-0.1, -0.05) is 30.3 Å². The van der Waals surface area contributed by atoms with Gasteiger partial charge in [0.1, 0.15) is 0 Å². The summed E-state index contributed by atoms with van der Waals surface area (Å²) in [5, 5.41) is 0. The molecule has 1 radical (unpaired) electrons. The molecule has 0 aliphatic carbocycles.